The quantitative estimate of drug-likeness (QED) is 0.823. The van der Waals surface area contributed by atoms with Crippen molar-refractivity contribution in [1.29, 1.82) is 5.26 Å². The highest BCUT2D eigenvalue weighted by atomic mass is 16.2. The molecule has 0 unspecified atom stereocenters. The van der Waals surface area contributed by atoms with E-state index in [-0.39, 0.29) is 11.8 Å². The SMILES string of the molecule is C[C@H](C#N)CN(C)C(=O)c1ccccc1-n1cnnn1. The van der Waals surface area contributed by atoms with Gasteiger partial charge in [0.2, 0.25) is 0 Å². The molecule has 1 aromatic heterocycles. The Balaban J connectivity index is 2.29. The minimum Gasteiger partial charge on any atom is -0.340 e. The van der Waals surface area contributed by atoms with E-state index in [1.807, 2.05) is 6.07 Å². The maximum absolute atomic E-state index is 12.4. The van der Waals surface area contributed by atoms with E-state index in [1.54, 1.807) is 32.2 Å². The van der Waals surface area contributed by atoms with Crippen LogP contribution in [-0.4, -0.2) is 44.6 Å². The average molecular weight is 270 g/mol. The second-order valence-electron chi connectivity index (χ2n) is 4.49. The maximum atomic E-state index is 12.4. The molecule has 0 fully saturated rings. The maximum Gasteiger partial charge on any atom is 0.255 e. The van der Waals surface area contributed by atoms with Gasteiger partial charge in [0, 0.05) is 13.6 Å². The summed E-state index contributed by atoms with van der Waals surface area (Å²) in [5.41, 5.74) is 1.10. The number of aromatic nitrogens is 4. The minimum absolute atomic E-state index is 0.168. The summed E-state index contributed by atoms with van der Waals surface area (Å²) in [5, 5.41) is 19.8. The predicted molar refractivity (Wildman–Crippen MR) is 70.9 cm³/mol. The fourth-order valence-corrected chi connectivity index (χ4v) is 1.87. The van der Waals surface area contributed by atoms with E-state index in [9.17, 15) is 4.79 Å². The number of hydrogen-bond acceptors (Lipinski definition) is 5. The van der Waals surface area contributed by atoms with Gasteiger partial charge in [-0.05, 0) is 29.5 Å². The number of carbonyl (C=O) groups is 1. The zero-order chi connectivity index (χ0) is 14.5. The number of rotatable bonds is 4. The van der Waals surface area contributed by atoms with Gasteiger partial charge in [-0.15, -0.1) is 5.10 Å². The summed E-state index contributed by atoms with van der Waals surface area (Å²) in [4.78, 5) is 14.0. The van der Waals surface area contributed by atoms with Gasteiger partial charge in [0.05, 0.1) is 23.2 Å². The molecule has 0 saturated carbocycles. The summed E-state index contributed by atoms with van der Waals surface area (Å²) < 4.78 is 1.44. The van der Waals surface area contributed by atoms with E-state index in [2.05, 4.69) is 21.6 Å². The van der Waals surface area contributed by atoms with Crippen LogP contribution in [0.15, 0.2) is 30.6 Å². The molecule has 1 amide bonds. The van der Waals surface area contributed by atoms with Crippen LogP contribution in [0, 0.1) is 17.2 Å². The van der Waals surface area contributed by atoms with E-state index >= 15 is 0 Å². The Kier molecular flexibility index (Phi) is 4.05. The number of para-hydroxylation sites is 1. The molecule has 0 radical (unpaired) electrons. The summed E-state index contributed by atoms with van der Waals surface area (Å²) in [6.45, 7) is 2.15. The van der Waals surface area contributed by atoms with Crippen molar-refractivity contribution in [3.05, 3.63) is 36.2 Å². The van der Waals surface area contributed by atoms with Crippen LogP contribution in [0.2, 0.25) is 0 Å². The summed E-state index contributed by atoms with van der Waals surface area (Å²) in [6.07, 6.45) is 1.43. The predicted octanol–water partition coefficient (Wildman–Crippen LogP) is 0.894. The number of tetrazole rings is 1. The van der Waals surface area contributed by atoms with Gasteiger partial charge in [-0.25, -0.2) is 0 Å². The summed E-state index contributed by atoms with van der Waals surface area (Å²) >= 11 is 0. The molecule has 20 heavy (non-hydrogen) atoms. The highest BCUT2D eigenvalue weighted by Gasteiger charge is 2.18. The third-order valence-electron chi connectivity index (χ3n) is 2.85. The zero-order valence-electron chi connectivity index (χ0n) is 11.3. The molecule has 0 aliphatic heterocycles. The Morgan fingerprint density at radius 1 is 1.50 bits per heavy atom. The van der Waals surface area contributed by atoms with Crippen molar-refractivity contribution in [2.75, 3.05) is 13.6 Å². The molecule has 0 N–H and O–H groups in total. The number of nitriles is 1. The molecule has 0 aliphatic rings. The molecular weight excluding hydrogens is 256 g/mol. The fraction of sp³-hybridized carbons (Fsp3) is 0.308. The van der Waals surface area contributed by atoms with Crippen molar-refractivity contribution in [2.24, 2.45) is 5.92 Å². The van der Waals surface area contributed by atoms with Crippen molar-refractivity contribution < 1.29 is 4.79 Å². The lowest BCUT2D eigenvalue weighted by Gasteiger charge is -2.19. The Bertz CT molecular complexity index is 631. The largest absolute Gasteiger partial charge is 0.340 e. The smallest absolute Gasteiger partial charge is 0.255 e. The van der Waals surface area contributed by atoms with Gasteiger partial charge in [0.1, 0.15) is 6.33 Å². The molecule has 2 aromatic rings. The first kappa shape index (κ1) is 13.7. The topological polar surface area (TPSA) is 87.7 Å². The first-order chi connectivity index (χ1) is 9.63. The van der Waals surface area contributed by atoms with Crippen molar-refractivity contribution in [3.63, 3.8) is 0 Å². The summed E-state index contributed by atoms with van der Waals surface area (Å²) in [7, 11) is 1.67. The van der Waals surface area contributed by atoms with Gasteiger partial charge in [-0.1, -0.05) is 12.1 Å². The van der Waals surface area contributed by atoms with Crippen LogP contribution in [0.1, 0.15) is 17.3 Å². The Labute approximate surface area is 116 Å². The molecule has 1 heterocycles. The Hall–Kier alpha value is -2.75. The Morgan fingerprint density at radius 3 is 2.90 bits per heavy atom. The van der Waals surface area contributed by atoms with Crippen LogP contribution >= 0.6 is 0 Å². The molecular formula is C13H14N6O. The molecule has 7 heteroatoms. The third kappa shape index (κ3) is 2.80. The van der Waals surface area contributed by atoms with Crippen LogP contribution in [-0.2, 0) is 0 Å². The van der Waals surface area contributed by atoms with Crippen LogP contribution in [0.5, 0.6) is 0 Å². The number of nitrogens with zero attached hydrogens (tertiary/aromatic N) is 6. The summed E-state index contributed by atoms with van der Waals surface area (Å²) in [5.74, 6) is -0.387. The molecule has 102 valence electrons. The third-order valence-corrected chi connectivity index (χ3v) is 2.85. The first-order valence-electron chi connectivity index (χ1n) is 6.11. The van der Waals surface area contributed by atoms with E-state index in [4.69, 9.17) is 5.26 Å². The lowest BCUT2D eigenvalue weighted by atomic mass is 10.1. The van der Waals surface area contributed by atoms with E-state index in [1.165, 1.54) is 15.9 Å². The first-order valence-corrected chi connectivity index (χ1v) is 6.11. The zero-order valence-corrected chi connectivity index (χ0v) is 11.3. The van der Waals surface area contributed by atoms with Crippen molar-refractivity contribution >= 4 is 5.91 Å². The van der Waals surface area contributed by atoms with Gasteiger partial charge in [-0.2, -0.15) is 9.94 Å². The van der Waals surface area contributed by atoms with E-state index < -0.39 is 0 Å². The number of benzene rings is 1. The molecule has 1 atom stereocenters. The normalized spacial score (nSPS) is 11.7. The van der Waals surface area contributed by atoms with Gasteiger partial charge < -0.3 is 4.90 Å². The minimum atomic E-state index is -0.218. The number of carbonyl (C=O) groups excluding carboxylic acids is 1. The lowest BCUT2D eigenvalue weighted by Crippen LogP contribution is -2.31. The monoisotopic (exact) mass is 270 g/mol. The molecule has 2 rings (SSSR count). The van der Waals surface area contributed by atoms with Crippen molar-refractivity contribution in [1.82, 2.24) is 25.1 Å². The van der Waals surface area contributed by atoms with Gasteiger partial charge in [0.15, 0.2) is 0 Å². The molecule has 0 aliphatic carbocycles. The molecule has 1 aromatic carbocycles. The molecule has 0 spiro atoms. The lowest BCUT2D eigenvalue weighted by molar-refractivity contribution is 0.0785. The fourth-order valence-electron chi connectivity index (χ4n) is 1.87. The standard InChI is InChI=1S/C13H14N6O/c1-10(7-14)8-18(2)13(20)11-5-3-4-6-12(11)19-9-15-16-17-19/h3-6,9-10H,8H2,1-2H3/t10-/m1/s1. The average Bonchev–Trinajstić information content (AvgIpc) is 3.00. The van der Waals surface area contributed by atoms with Crippen LogP contribution < -0.4 is 0 Å². The van der Waals surface area contributed by atoms with E-state index in [0.29, 0.717) is 17.8 Å². The molecule has 7 nitrogen and oxygen atoms in total. The number of hydrogen-bond donors (Lipinski definition) is 0. The summed E-state index contributed by atoms with van der Waals surface area (Å²) in [6, 6.07) is 9.19. The number of amides is 1. The van der Waals surface area contributed by atoms with E-state index in [0.717, 1.165) is 0 Å². The van der Waals surface area contributed by atoms with Gasteiger partial charge in [-0.3, -0.25) is 4.79 Å². The second-order valence-corrected chi connectivity index (χ2v) is 4.49. The highest BCUT2D eigenvalue weighted by Crippen LogP contribution is 2.15. The van der Waals surface area contributed by atoms with Crippen LogP contribution in [0.25, 0.3) is 5.69 Å². The van der Waals surface area contributed by atoms with Gasteiger partial charge in [0.25, 0.3) is 5.91 Å². The van der Waals surface area contributed by atoms with Crippen LogP contribution in [0.3, 0.4) is 0 Å². The molecule has 0 bridgehead atoms. The van der Waals surface area contributed by atoms with Crippen LogP contribution in [0.4, 0.5) is 0 Å². The van der Waals surface area contributed by atoms with Crippen molar-refractivity contribution in [2.45, 2.75) is 6.92 Å². The van der Waals surface area contributed by atoms with Crippen molar-refractivity contribution in [3.8, 4) is 11.8 Å². The molecule has 0 saturated heterocycles. The van der Waals surface area contributed by atoms with Gasteiger partial charge >= 0.3 is 0 Å². The Morgan fingerprint density at radius 2 is 2.25 bits per heavy atom. The highest BCUT2D eigenvalue weighted by molar-refractivity contribution is 5.97. The second kappa shape index (κ2) is 5.93.